The number of carbonyl (C=O) groups is 1. The third kappa shape index (κ3) is 4.25. The molecule has 1 saturated carbocycles. The third-order valence-electron chi connectivity index (χ3n) is 5.58. The van der Waals surface area contributed by atoms with Crippen molar-refractivity contribution < 1.29 is 9.53 Å². The number of urea groups is 1. The molecule has 1 aliphatic carbocycles. The molecule has 0 spiro atoms. The monoisotopic (exact) mass is 381 g/mol. The lowest BCUT2D eigenvalue weighted by molar-refractivity contribution is 0.137. The summed E-state index contributed by atoms with van der Waals surface area (Å²) in [5, 5.41) is 3.08. The lowest BCUT2D eigenvalue weighted by Crippen LogP contribution is -2.53. The Morgan fingerprint density at radius 3 is 2.57 bits per heavy atom. The van der Waals surface area contributed by atoms with Gasteiger partial charge in [0.2, 0.25) is 5.95 Å². The smallest absolute Gasteiger partial charge is 0.317 e. The molecule has 2 aliphatic rings. The first kappa shape index (κ1) is 18.7. The molecule has 7 nitrogen and oxygen atoms in total. The Hall–Kier alpha value is -2.67. The maximum absolute atomic E-state index is 12.5. The molecule has 2 heterocycles. The van der Waals surface area contributed by atoms with Gasteiger partial charge in [-0.15, -0.1) is 0 Å². The average Bonchev–Trinajstić information content (AvgIpc) is 3.53. The van der Waals surface area contributed by atoms with E-state index >= 15 is 0 Å². The quantitative estimate of drug-likeness (QED) is 0.832. The SMILES string of the molecule is COCC1(CNC(=O)N2CCN(c3nccc(-c4ccccc4)n3)CC2)CC1. The number of carbonyl (C=O) groups excluding carboxylic acids is 1. The fourth-order valence-corrected chi connectivity index (χ4v) is 3.61. The number of hydrogen-bond donors (Lipinski definition) is 1. The Kier molecular flexibility index (Phi) is 5.43. The van der Waals surface area contributed by atoms with Crippen LogP contribution in [0, 0.1) is 5.41 Å². The van der Waals surface area contributed by atoms with E-state index in [1.165, 1.54) is 0 Å². The van der Waals surface area contributed by atoms with Crippen molar-refractivity contribution >= 4 is 12.0 Å². The second-order valence-corrected chi connectivity index (χ2v) is 7.67. The molecule has 2 aromatic rings. The molecular formula is C21H27N5O2. The molecular weight excluding hydrogens is 354 g/mol. The van der Waals surface area contributed by atoms with Gasteiger partial charge in [0.15, 0.2) is 0 Å². The van der Waals surface area contributed by atoms with Gasteiger partial charge < -0.3 is 19.9 Å². The van der Waals surface area contributed by atoms with E-state index in [0.29, 0.717) is 19.6 Å². The summed E-state index contributed by atoms with van der Waals surface area (Å²) in [6.07, 6.45) is 4.06. The summed E-state index contributed by atoms with van der Waals surface area (Å²) in [6, 6.07) is 12.0. The number of ether oxygens (including phenoxy) is 1. The van der Waals surface area contributed by atoms with E-state index in [0.717, 1.165) is 49.7 Å². The van der Waals surface area contributed by atoms with Crippen LogP contribution in [-0.2, 0) is 4.74 Å². The second kappa shape index (κ2) is 8.14. The topological polar surface area (TPSA) is 70.6 Å². The highest BCUT2D eigenvalue weighted by molar-refractivity contribution is 5.74. The molecule has 0 bridgehead atoms. The number of methoxy groups -OCH3 is 1. The molecule has 148 valence electrons. The summed E-state index contributed by atoms with van der Waals surface area (Å²) in [5.41, 5.74) is 2.16. The molecule has 1 N–H and O–H groups in total. The zero-order valence-electron chi connectivity index (χ0n) is 16.3. The van der Waals surface area contributed by atoms with Gasteiger partial charge in [-0.1, -0.05) is 30.3 Å². The van der Waals surface area contributed by atoms with Gasteiger partial charge in [0.1, 0.15) is 0 Å². The summed E-state index contributed by atoms with van der Waals surface area (Å²) in [7, 11) is 1.72. The van der Waals surface area contributed by atoms with Gasteiger partial charge in [-0.25, -0.2) is 14.8 Å². The average molecular weight is 381 g/mol. The van der Waals surface area contributed by atoms with E-state index < -0.39 is 0 Å². The molecule has 7 heteroatoms. The predicted octanol–water partition coefficient (Wildman–Crippen LogP) is 2.40. The first-order valence-corrected chi connectivity index (χ1v) is 9.84. The van der Waals surface area contributed by atoms with Crippen molar-refractivity contribution in [3.05, 3.63) is 42.6 Å². The first-order chi connectivity index (χ1) is 13.7. The van der Waals surface area contributed by atoms with E-state index in [-0.39, 0.29) is 11.4 Å². The molecule has 1 aromatic heterocycles. The van der Waals surface area contributed by atoms with Crippen molar-refractivity contribution in [2.24, 2.45) is 5.41 Å². The van der Waals surface area contributed by atoms with E-state index in [4.69, 9.17) is 9.72 Å². The highest BCUT2D eigenvalue weighted by Gasteiger charge is 2.43. The first-order valence-electron chi connectivity index (χ1n) is 9.84. The fourth-order valence-electron chi connectivity index (χ4n) is 3.61. The molecule has 28 heavy (non-hydrogen) atoms. The lowest BCUT2D eigenvalue weighted by Gasteiger charge is -2.35. The molecule has 0 unspecified atom stereocenters. The number of rotatable bonds is 6. The van der Waals surface area contributed by atoms with Gasteiger partial charge in [0.05, 0.1) is 12.3 Å². The van der Waals surface area contributed by atoms with E-state index in [2.05, 4.69) is 15.2 Å². The lowest BCUT2D eigenvalue weighted by atomic mass is 10.1. The third-order valence-corrected chi connectivity index (χ3v) is 5.58. The minimum atomic E-state index is 0.0148. The van der Waals surface area contributed by atoms with Gasteiger partial charge in [0.25, 0.3) is 0 Å². The molecule has 2 fully saturated rings. The highest BCUT2D eigenvalue weighted by atomic mass is 16.5. The standard InChI is InChI=1S/C21H27N5O2/c1-28-16-21(8-9-21)15-23-20(27)26-13-11-25(12-14-26)19-22-10-7-18(24-19)17-5-3-2-4-6-17/h2-7,10H,8-9,11-16H2,1H3,(H,23,27). The molecule has 4 rings (SSSR count). The maximum atomic E-state index is 12.5. The molecule has 2 amide bonds. The second-order valence-electron chi connectivity index (χ2n) is 7.67. The number of amides is 2. The number of benzene rings is 1. The van der Waals surface area contributed by atoms with Crippen molar-refractivity contribution in [2.75, 3.05) is 51.3 Å². The zero-order valence-corrected chi connectivity index (χ0v) is 16.3. The van der Waals surface area contributed by atoms with Crippen LogP contribution in [0.4, 0.5) is 10.7 Å². The number of hydrogen-bond acceptors (Lipinski definition) is 5. The van der Waals surface area contributed by atoms with Gasteiger partial charge >= 0.3 is 6.03 Å². The van der Waals surface area contributed by atoms with Crippen LogP contribution in [0.3, 0.4) is 0 Å². The van der Waals surface area contributed by atoms with Crippen LogP contribution >= 0.6 is 0 Å². The summed E-state index contributed by atoms with van der Waals surface area (Å²) in [4.78, 5) is 25.7. The van der Waals surface area contributed by atoms with Crippen molar-refractivity contribution in [1.29, 1.82) is 0 Å². The van der Waals surface area contributed by atoms with Gasteiger partial charge in [-0.05, 0) is 18.9 Å². The Morgan fingerprint density at radius 1 is 1.14 bits per heavy atom. The Bertz CT molecular complexity index is 801. The summed E-state index contributed by atoms with van der Waals surface area (Å²) in [5.74, 6) is 0.721. The van der Waals surface area contributed by atoms with Gasteiger partial charge in [0, 0.05) is 57.0 Å². The summed E-state index contributed by atoms with van der Waals surface area (Å²) < 4.78 is 5.27. The molecule has 0 radical (unpaired) electrons. The number of nitrogens with one attached hydrogen (secondary N) is 1. The molecule has 1 saturated heterocycles. The van der Waals surface area contributed by atoms with Crippen molar-refractivity contribution in [1.82, 2.24) is 20.2 Å². The Morgan fingerprint density at radius 2 is 1.89 bits per heavy atom. The van der Waals surface area contributed by atoms with Crippen LogP contribution in [0.5, 0.6) is 0 Å². The Balaban J connectivity index is 1.31. The van der Waals surface area contributed by atoms with Crippen molar-refractivity contribution in [3.8, 4) is 11.3 Å². The Labute approximate surface area is 165 Å². The van der Waals surface area contributed by atoms with E-state index in [1.54, 1.807) is 13.3 Å². The fraction of sp³-hybridized carbons (Fsp3) is 0.476. The van der Waals surface area contributed by atoms with Crippen LogP contribution in [0.15, 0.2) is 42.6 Å². The molecule has 0 atom stereocenters. The predicted molar refractivity (Wildman–Crippen MR) is 108 cm³/mol. The number of anilines is 1. The maximum Gasteiger partial charge on any atom is 0.317 e. The minimum absolute atomic E-state index is 0.0148. The highest BCUT2D eigenvalue weighted by Crippen LogP contribution is 2.45. The zero-order chi connectivity index (χ0) is 19.4. The summed E-state index contributed by atoms with van der Waals surface area (Å²) >= 11 is 0. The number of piperazine rings is 1. The van der Waals surface area contributed by atoms with Crippen LogP contribution < -0.4 is 10.2 Å². The van der Waals surface area contributed by atoms with Crippen LogP contribution in [0.1, 0.15) is 12.8 Å². The van der Waals surface area contributed by atoms with E-state index in [9.17, 15) is 4.79 Å². The van der Waals surface area contributed by atoms with Gasteiger partial charge in [-0.3, -0.25) is 0 Å². The van der Waals surface area contributed by atoms with Crippen LogP contribution in [0.25, 0.3) is 11.3 Å². The van der Waals surface area contributed by atoms with Crippen LogP contribution in [-0.4, -0.2) is 67.3 Å². The van der Waals surface area contributed by atoms with Gasteiger partial charge in [-0.2, -0.15) is 0 Å². The largest absolute Gasteiger partial charge is 0.384 e. The minimum Gasteiger partial charge on any atom is -0.384 e. The van der Waals surface area contributed by atoms with Crippen molar-refractivity contribution in [2.45, 2.75) is 12.8 Å². The normalized spacial score (nSPS) is 18.0. The number of nitrogens with zero attached hydrogens (tertiary/aromatic N) is 4. The molecule has 1 aliphatic heterocycles. The summed E-state index contributed by atoms with van der Waals surface area (Å²) in [6.45, 7) is 4.21. The van der Waals surface area contributed by atoms with Crippen molar-refractivity contribution in [3.63, 3.8) is 0 Å². The molecule has 1 aromatic carbocycles. The van der Waals surface area contributed by atoms with E-state index in [1.807, 2.05) is 41.3 Å². The number of aromatic nitrogens is 2. The van der Waals surface area contributed by atoms with Crippen LogP contribution in [0.2, 0.25) is 0 Å².